The monoisotopic (exact) mass is 343 g/mol. The largest absolute Gasteiger partial charge is 0.461 e. The average Bonchev–Trinajstić information content (AvgIpc) is 2.58. The van der Waals surface area contributed by atoms with Gasteiger partial charge in [0, 0.05) is 23.2 Å². The van der Waals surface area contributed by atoms with E-state index in [1.165, 1.54) is 23.3 Å². The summed E-state index contributed by atoms with van der Waals surface area (Å²) in [6.07, 6.45) is 6.41. The molecule has 2 aliphatic carbocycles. The highest BCUT2D eigenvalue weighted by molar-refractivity contribution is 5.69. The smallest absolute Gasteiger partial charge is 0.305 e. The Kier molecular flexibility index (Phi) is 4.98. The second-order valence-corrected chi connectivity index (χ2v) is 7.31. The molecular weight excluding hydrogens is 317 g/mol. The summed E-state index contributed by atoms with van der Waals surface area (Å²) in [6, 6.07) is 6.40. The molecule has 4 heteroatoms. The van der Waals surface area contributed by atoms with Crippen molar-refractivity contribution in [3.05, 3.63) is 53.0 Å². The van der Waals surface area contributed by atoms with Gasteiger partial charge in [0.2, 0.25) is 0 Å². The molecule has 1 saturated carbocycles. The van der Waals surface area contributed by atoms with Gasteiger partial charge in [0.25, 0.3) is 0 Å². The number of ether oxygens (including phenoxy) is 1. The second kappa shape index (κ2) is 7.03. The van der Waals surface area contributed by atoms with Crippen LogP contribution in [-0.2, 0) is 9.53 Å². The van der Waals surface area contributed by atoms with Crippen LogP contribution in [0.5, 0.6) is 0 Å². The molecule has 1 fully saturated rings. The summed E-state index contributed by atoms with van der Waals surface area (Å²) >= 11 is 0. The van der Waals surface area contributed by atoms with Gasteiger partial charge in [-0.1, -0.05) is 19.4 Å². The van der Waals surface area contributed by atoms with Crippen molar-refractivity contribution in [1.82, 2.24) is 0 Å². The topological polar surface area (TPSA) is 38.3 Å². The number of hydrogen-bond donors (Lipinski definition) is 1. The molecule has 2 atom stereocenters. The first kappa shape index (κ1) is 17.7. The van der Waals surface area contributed by atoms with Gasteiger partial charge >= 0.3 is 5.97 Å². The number of fused-ring (bicyclic) bond motifs is 1. The van der Waals surface area contributed by atoms with Gasteiger partial charge in [-0.05, 0) is 68.5 Å². The summed E-state index contributed by atoms with van der Waals surface area (Å²) in [7, 11) is 0. The Morgan fingerprint density at radius 3 is 2.76 bits per heavy atom. The predicted octanol–water partition coefficient (Wildman–Crippen LogP) is 5.35. The first-order chi connectivity index (χ1) is 11.9. The highest BCUT2D eigenvalue weighted by Crippen LogP contribution is 2.50. The quantitative estimate of drug-likeness (QED) is 0.749. The van der Waals surface area contributed by atoms with Crippen molar-refractivity contribution in [2.45, 2.75) is 59.0 Å². The van der Waals surface area contributed by atoms with Crippen LogP contribution in [0, 0.1) is 11.2 Å². The zero-order valence-electron chi connectivity index (χ0n) is 15.2. The van der Waals surface area contributed by atoms with Gasteiger partial charge in [-0.3, -0.25) is 4.79 Å². The summed E-state index contributed by atoms with van der Waals surface area (Å²) in [4.78, 5) is 11.8. The molecule has 0 bridgehead atoms. The molecule has 2 aliphatic rings. The van der Waals surface area contributed by atoms with Crippen LogP contribution < -0.4 is 5.32 Å². The summed E-state index contributed by atoms with van der Waals surface area (Å²) in [5.74, 6) is -0.358. The minimum Gasteiger partial charge on any atom is -0.461 e. The molecule has 0 amide bonds. The molecule has 2 unspecified atom stereocenters. The van der Waals surface area contributed by atoms with E-state index in [0.717, 1.165) is 37.1 Å². The van der Waals surface area contributed by atoms with Gasteiger partial charge in [0.1, 0.15) is 11.9 Å². The van der Waals surface area contributed by atoms with E-state index in [-0.39, 0.29) is 23.3 Å². The van der Waals surface area contributed by atoms with Crippen LogP contribution in [0.4, 0.5) is 10.1 Å². The number of nitrogens with one attached hydrogen (secondary N) is 1. The van der Waals surface area contributed by atoms with Crippen LogP contribution in [0.3, 0.4) is 0 Å². The molecule has 134 valence electrons. The Morgan fingerprint density at radius 1 is 1.36 bits per heavy atom. The van der Waals surface area contributed by atoms with Crippen LogP contribution in [0.2, 0.25) is 0 Å². The number of anilines is 1. The molecular formula is C21H26FNO2. The van der Waals surface area contributed by atoms with Gasteiger partial charge in [-0.2, -0.15) is 0 Å². The van der Waals surface area contributed by atoms with E-state index in [1.54, 1.807) is 12.1 Å². The third-order valence-electron chi connectivity index (χ3n) is 5.45. The van der Waals surface area contributed by atoms with E-state index in [1.807, 2.05) is 6.92 Å². The first-order valence-electron chi connectivity index (χ1n) is 9.05. The highest BCUT2D eigenvalue weighted by Gasteiger charge is 2.44. The lowest BCUT2D eigenvalue weighted by atomic mass is 9.64. The number of halogens is 1. The number of carbonyl (C=O) groups excluding carboxylic acids is 1. The van der Waals surface area contributed by atoms with Gasteiger partial charge in [-0.15, -0.1) is 0 Å². The van der Waals surface area contributed by atoms with Gasteiger partial charge in [0.15, 0.2) is 0 Å². The molecule has 0 aromatic heterocycles. The van der Waals surface area contributed by atoms with Crippen LogP contribution in [-0.4, -0.2) is 12.1 Å². The van der Waals surface area contributed by atoms with E-state index in [0.29, 0.717) is 6.42 Å². The highest BCUT2D eigenvalue weighted by atomic mass is 19.1. The summed E-state index contributed by atoms with van der Waals surface area (Å²) in [5, 5.41) is 3.40. The Labute approximate surface area is 149 Å². The lowest BCUT2D eigenvalue weighted by molar-refractivity contribution is -0.155. The summed E-state index contributed by atoms with van der Waals surface area (Å²) < 4.78 is 18.9. The molecule has 0 radical (unpaired) electrons. The Balaban J connectivity index is 1.83. The first-order valence-corrected chi connectivity index (χ1v) is 9.05. The van der Waals surface area contributed by atoms with Crippen LogP contribution >= 0.6 is 0 Å². The summed E-state index contributed by atoms with van der Waals surface area (Å²) in [6.45, 7) is 6.16. The van der Waals surface area contributed by atoms with Crippen molar-refractivity contribution in [2.24, 2.45) is 5.41 Å². The zero-order chi connectivity index (χ0) is 18.0. The Hall–Kier alpha value is -2.10. The van der Waals surface area contributed by atoms with Crippen LogP contribution in [0.15, 0.2) is 47.2 Å². The van der Waals surface area contributed by atoms with E-state index in [9.17, 15) is 9.18 Å². The predicted molar refractivity (Wildman–Crippen MR) is 97.6 cm³/mol. The molecule has 3 nitrogen and oxygen atoms in total. The number of rotatable bonds is 4. The van der Waals surface area contributed by atoms with Gasteiger partial charge < -0.3 is 10.1 Å². The van der Waals surface area contributed by atoms with Crippen LogP contribution in [0.1, 0.15) is 52.9 Å². The summed E-state index contributed by atoms with van der Waals surface area (Å²) in [5.41, 5.74) is 4.39. The van der Waals surface area contributed by atoms with E-state index >= 15 is 0 Å². The molecule has 0 saturated heterocycles. The molecule has 1 aromatic carbocycles. The van der Waals surface area contributed by atoms with Crippen molar-refractivity contribution in [3.8, 4) is 0 Å². The number of carbonyl (C=O) groups is 1. The van der Waals surface area contributed by atoms with Gasteiger partial charge in [-0.25, -0.2) is 4.39 Å². The Bertz CT molecular complexity index is 720. The van der Waals surface area contributed by atoms with Crippen molar-refractivity contribution in [1.29, 1.82) is 0 Å². The number of allylic oxidation sites excluding steroid dienone is 2. The maximum Gasteiger partial charge on any atom is 0.305 e. The fourth-order valence-electron chi connectivity index (χ4n) is 3.96. The number of benzene rings is 1. The number of hydrogen-bond acceptors (Lipinski definition) is 3. The fraction of sp³-hybridized carbons (Fsp3) is 0.476. The van der Waals surface area contributed by atoms with Crippen molar-refractivity contribution >= 4 is 11.7 Å². The third-order valence-corrected chi connectivity index (χ3v) is 5.45. The van der Waals surface area contributed by atoms with E-state index in [2.05, 4.69) is 25.2 Å². The lowest BCUT2D eigenvalue weighted by Gasteiger charge is -2.45. The van der Waals surface area contributed by atoms with Crippen molar-refractivity contribution in [3.63, 3.8) is 0 Å². The van der Waals surface area contributed by atoms with E-state index in [4.69, 9.17) is 4.74 Å². The molecule has 0 heterocycles. The zero-order valence-corrected chi connectivity index (χ0v) is 15.2. The standard InChI is InChI=1S/C21H26FNO2/c1-4-20(24)25-19-7-5-6-15-12-18(14(2)13-21(15,19)3)23-17-10-8-16(22)9-11-17/h8-12,19,23H,4-7,13H2,1-3H3. The maximum atomic E-state index is 13.1. The van der Waals surface area contributed by atoms with Crippen molar-refractivity contribution < 1.29 is 13.9 Å². The average molecular weight is 343 g/mol. The fourth-order valence-corrected chi connectivity index (χ4v) is 3.96. The Morgan fingerprint density at radius 2 is 2.08 bits per heavy atom. The van der Waals surface area contributed by atoms with Gasteiger partial charge in [0.05, 0.1) is 0 Å². The minimum absolute atomic E-state index is 0.0535. The SMILES string of the molecule is CCC(=O)OC1CCCC2=CC(Nc3ccc(F)cc3)=C(C)CC21C. The maximum absolute atomic E-state index is 13.1. The normalized spacial score (nSPS) is 25.9. The minimum atomic E-state index is -0.237. The third kappa shape index (κ3) is 3.63. The molecule has 1 N–H and O–H groups in total. The molecule has 0 spiro atoms. The molecule has 0 aliphatic heterocycles. The van der Waals surface area contributed by atoms with E-state index < -0.39 is 0 Å². The second-order valence-electron chi connectivity index (χ2n) is 7.31. The lowest BCUT2D eigenvalue weighted by Crippen LogP contribution is -2.42. The molecule has 25 heavy (non-hydrogen) atoms. The molecule has 1 aromatic rings. The molecule has 3 rings (SSSR count). The van der Waals surface area contributed by atoms with Crippen molar-refractivity contribution in [2.75, 3.05) is 5.32 Å². The van der Waals surface area contributed by atoms with Crippen LogP contribution in [0.25, 0.3) is 0 Å². The number of esters is 1.